The summed E-state index contributed by atoms with van der Waals surface area (Å²) in [5.74, 6) is 0. The standard InChI is InChI=1S/C144H180I6/c145-133-103-79-121(80-104-133)61-49-37-25-13-1-7-19-31-43-55-115-67-91-127(92-68-115)139-140(128-93-69-116(70-94-128)56-44-32-20-8-2-14-26-38-50-62-122-81-105-134(146)106-82-122)142(130-97-73-118(74-98-130)58-46-34-22-10-4-16-28-40-52-64-124-85-109-136(148)110-86-124)144(132-101-77-120(78-102-132)60-48-36-24-12-6-18-30-42-54-66-126-89-113-138(150)114-90-126)143(131-99-75-119(76-100-131)59-47-35-23-11-5-17-29-41-53-65-125-87-111-137(149)112-88-125)141(139)129-95-71-117(72-96-129)57-45-33-21-9-3-15-27-39-51-63-123-83-107-135(147)108-84-123/h67-114H,1-66H2. The lowest BCUT2D eigenvalue weighted by Gasteiger charge is -2.29. The first-order chi connectivity index (χ1) is 74.0. The summed E-state index contributed by atoms with van der Waals surface area (Å²) in [7, 11) is 0. The molecule has 0 spiro atoms. The lowest BCUT2D eigenvalue weighted by atomic mass is 9.73. The smallest absolute Gasteiger partial charge is 0.0130 e. The highest BCUT2D eigenvalue weighted by molar-refractivity contribution is 14.1. The SMILES string of the molecule is Ic1ccc(CCCCCCCCCCCc2ccc(-c3c(-c4ccc(CCCCCCCCCCCc5ccc(I)cc5)cc4)c(-c4ccc(CCCCCCCCCCCc5ccc(I)cc5)cc4)c(-c4ccc(CCCCCCCCCCCc5ccc(I)cc5)cc4)c(-c4ccc(CCCCCCCCCCCc5ccc(I)cc5)cc4)c3-c3ccc(CCCCCCCCCCCc4ccc(I)cc4)cc3)cc2)cc1. The Balaban J connectivity index is 0.812. The fourth-order valence-electron chi connectivity index (χ4n) is 22.8. The maximum Gasteiger partial charge on any atom is 0.0130 e. The van der Waals surface area contributed by atoms with Crippen molar-refractivity contribution in [2.45, 2.75) is 424 Å². The number of benzene rings is 13. The van der Waals surface area contributed by atoms with Gasteiger partial charge in [0.1, 0.15) is 0 Å². The van der Waals surface area contributed by atoms with E-state index in [9.17, 15) is 0 Å². The molecule has 0 aliphatic heterocycles. The van der Waals surface area contributed by atoms with E-state index < -0.39 is 0 Å². The van der Waals surface area contributed by atoms with Gasteiger partial charge in [-0.15, -0.1) is 0 Å². The Hall–Kier alpha value is -5.76. The molecule has 0 nitrogen and oxygen atoms in total. The quantitative estimate of drug-likeness (QED) is 0.0263. The van der Waals surface area contributed by atoms with Crippen LogP contribution in [0.1, 0.15) is 413 Å². The van der Waals surface area contributed by atoms with Crippen molar-refractivity contribution < 1.29 is 0 Å². The Morgan fingerprint density at radius 2 is 0.147 bits per heavy atom. The van der Waals surface area contributed by atoms with Gasteiger partial charge in [0.2, 0.25) is 0 Å². The molecule has 0 fully saturated rings. The van der Waals surface area contributed by atoms with Crippen molar-refractivity contribution in [3.63, 3.8) is 0 Å². The van der Waals surface area contributed by atoms with Crippen LogP contribution in [0.4, 0.5) is 0 Å². The Morgan fingerprint density at radius 3 is 0.227 bits per heavy atom. The van der Waals surface area contributed by atoms with Crippen molar-refractivity contribution in [1.82, 2.24) is 0 Å². The highest BCUT2D eigenvalue weighted by Crippen LogP contribution is 2.57. The van der Waals surface area contributed by atoms with Crippen molar-refractivity contribution >= 4 is 136 Å². The van der Waals surface area contributed by atoms with Crippen LogP contribution in [-0.4, -0.2) is 0 Å². The Bertz CT molecular complexity index is 4790. The first-order valence-corrected chi connectivity index (χ1v) is 66.7. The molecule has 798 valence electrons. The zero-order valence-electron chi connectivity index (χ0n) is 91.6. The van der Waals surface area contributed by atoms with Crippen LogP contribution in [0.2, 0.25) is 0 Å². The predicted octanol–water partition coefficient (Wildman–Crippen LogP) is 47.1. The number of aryl methyl sites for hydroxylation is 12. The minimum atomic E-state index is 1.11. The molecule has 13 aromatic carbocycles. The van der Waals surface area contributed by atoms with E-state index >= 15 is 0 Å². The molecule has 0 radical (unpaired) electrons. The van der Waals surface area contributed by atoms with Crippen LogP contribution in [0.25, 0.3) is 66.8 Å². The van der Waals surface area contributed by atoms with Crippen LogP contribution < -0.4 is 0 Å². The zero-order valence-corrected chi connectivity index (χ0v) is 105. The van der Waals surface area contributed by atoms with Crippen molar-refractivity contribution in [2.75, 3.05) is 0 Å². The normalized spacial score (nSPS) is 11.6. The van der Waals surface area contributed by atoms with Crippen LogP contribution in [0.5, 0.6) is 0 Å². The Morgan fingerprint density at radius 1 is 0.0800 bits per heavy atom. The number of hydrogen-bond acceptors (Lipinski definition) is 0. The van der Waals surface area contributed by atoms with Gasteiger partial charge in [-0.3, -0.25) is 0 Å². The molecule has 13 aromatic rings. The van der Waals surface area contributed by atoms with Gasteiger partial charge in [0.25, 0.3) is 0 Å². The third-order valence-electron chi connectivity index (χ3n) is 32.0. The van der Waals surface area contributed by atoms with Gasteiger partial charge in [0, 0.05) is 21.4 Å². The van der Waals surface area contributed by atoms with Crippen molar-refractivity contribution in [1.29, 1.82) is 0 Å². The molecule has 0 unspecified atom stereocenters. The monoisotopic (exact) mass is 2670 g/mol. The van der Waals surface area contributed by atoms with Gasteiger partial charge < -0.3 is 0 Å². The summed E-state index contributed by atoms with van der Waals surface area (Å²) in [6, 6.07) is 116. The van der Waals surface area contributed by atoms with Gasteiger partial charge in [0.15, 0.2) is 0 Å². The third-order valence-corrected chi connectivity index (χ3v) is 36.3. The number of halogens is 6. The molecule has 0 amide bonds. The summed E-state index contributed by atoms with van der Waals surface area (Å²) in [4.78, 5) is 0. The molecule has 0 heterocycles. The fourth-order valence-corrected chi connectivity index (χ4v) is 24.9. The average Bonchev–Trinajstić information content (AvgIpc) is 0.712. The predicted molar refractivity (Wildman–Crippen MR) is 708 cm³/mol. The third kappa shape index (κ3) is 46.8. The lowest BCUT2D eigenvalue weighted by Crippen LogP contribution is -2.03. The summed E-state index contributed by atoms with van der Waals surface area (Å²) >= 11 is 14.6. The van der Waals surface area contributed by atoms with Crippen LogP contribution in [0.3, 0.4) is 0 Å². The van der Waals surface area contributed by atoms with Crippen LogP contribution in [-0.2, 0) is 77.0 Å². The molecule has 0 atom stereocenters. The second kappa shape index (κ2) is 73.7. The topological polar surface area (TPSA) is 0 Å². The number of rotatable bonds is 78. The first kappa shape index (κ1) is 121. The van der Waals surface area contributed by atoms with Gasteiger partial charge >= 0.3 is 0 Å². The van der Waals surface area contributed by atoms with E-state index in [1.54, 1.807) is 0 Å². The fraction of sp³-hybridized carbons (Fsp3) is 0.458. The van der Waals surface area contributed by atoms with Gasteiger partial charge in [-0.1, -0.05) is 488 Å². The summed E-state index contributed by atoms with van der Waals surface area (Å²) in [6.07, 6.45) is 85.2. The van der Waals surface area contributed by atoms with E-state index in [0.29, 0.717) is 0 Å². The molecule has 0 saturated heterocycles. The molecule has 0 N–H and O–H groups in total. The van der Waals surface area contributed by atoms with Crippen molar-refractivity contribution in [3.8, 4) is 66.8 Å². The Labute approximate surface area is 994 Å². The van der Waals surface area contributed by atoms with Crippen LogP contribution >= 0.6 is 136 Å². The summed E-state index contributed by atoms with van der Waals surface area (Å²) < 4.78 is 7.96. The van der Waals surface area contributed by atoms with E-state index in [4.69, 9.17) is 0 Å². The molecule has 0 saturated carbocycles. The van der Waals surface area contributed by atoms with E-state index in [1.807, 2.05) is 0 Å². The van der Waals surface area contributed by atoms with Gasteiger partial charge in [0.05, 0.1) is 0 Å². The van der Waals surface area contributed by atoms with E-state index in [0.717, 1.165) is 38.5 Å². The van der Waals surface area contributed by atoms with Crippen LogP contribution in [0, 0.1) is 21.4 Å². The molecule has 0 aliphatic carbocycles. The van der Waals surface area contributed by atoms with Gasteiger partial charge in [-0.25, -0.2) is 0 Å². The highest BCUT2D eigenvalue weighted by Gasteiger charge is 2.30. The summed E-state index contributed by atoms with van der Waals surface area (Å²) in [6.45, 7) is 0. The van der Waals surface area contributed by atoms with Crippen molar-refractivity contribution in [2.24, 2.45) is 0 Å². The maximum atomic E-state index is 2.57. The largest absolute Gasteiger partial charge is 0.0584 e. The van der Waals surface area contributed by atoms with Crippen molar-refractivity contribution in [3.05, 3.63) is 379 Å². The summed E-state index contributed by atoms with van der Waals surface area (Å²) in [5, 5.41) is 0. The number of unbranched alkanes of at least 4 members (excludes halogenated alkanes) is 48. The van der Waals surface area contributed by atoms with Gasteiger partial charge in [-0.05, 0) is 496 Å². The molecular formula is C144H180I6. The molecular weight excluding hydrogens is 2490 g/mol. The lowest BCUT2D eigenvalue weighted by molar-refractivity contribution is 0.558. The van der Waals surface area contributed by atoms with E-state index in [2.05, 4.69) is 427 Å². The van der Waals surface area contributed by atoms with Gasteiger partial charge in [-0.2, -0.15) is 0 Å². The maximum absolute atomic E-state index is 2.57. The van der Waals surface area contributed by atoms with Crippen LogP contribution in [0.15, 0.2) is 291 Å². The minimum Gasteiger partial charge on any atom is -0.0584 e. The van der Waals surface area contributed by atoms with E-state index in [-0.39, 0.29) is 0 Å². The minimum absolute atomic E-state index is 1.11. The first-order valence-electron chi connectivity index (χ1n) is 60.2. The molecule has 0 aliphatic rings. The molecule has 13 rings (SSSR count). The second-order valence-electron chi connectivity index (χ2n) is 44.3. The highest BCUT2D eigenvalue weighted by atomic mass is 127. The molecule has 6 heteroatoms. The summed E-state index contributed by atoms with van der Waals surface area (Å²) in [5.41, 5.74) is 33.6. The number of hydrogen-bond donors (Lipinski definition) is 0. The molecule has 150 heavy (non-hydrogen) atoms. The molecule has 0 aromatic heterocycles. The second-order valence-corrected chi connectivity index (χ2v) is 51.8. The Kier molecular flexibility index (Phi) is 59.6. The molecule has 0 bridgehead atoms. The average molecular weight is 2670 g/mol. The zero-order chi connectivity index (χ0) is 104. The van der Waals surface area contributed by atoms with E-state index in [1.165, 1.54) is 540 Å².